The van der Waals surface area contributed by atoms with Crippen molar-refractivity contribution in [2.24, 2.45) is 0 Å². The van der Waals surface area contributed by atoms with E-state index in [1.165, 1.54) is 6.07 Å². The van der Waals surface area contributed by atoms with Gasteiger partial charge < -0.3 is 14.5 Å². The van der Waals surface area contributed by atoms with Gasteiger partial charge in [0.25, 0.3) is 5.91 Å². The highest BCUT2D eigenvalue weighted by molar-refractivity contribution is 9.10. The Bertz CT molecular complexity index is 1440. The van der Waals surface area contributed by atoms with E-state index >= 15 is 0 Å². The zero-order chi connectivity index (χ0) is 26.1. The number of carbonyl (C=O) groups is 1. The van der Waals surface area contributed by atoms with E-state index in [0.717, 1.165) is 5.56 Å². The number of benzene rings is 2. The van der Waals surface area contributed by atoms with Crippen LogP contribution in [0.2, 0.25) is 35.2 Å². The summed E-state index contributed by atoms with van der Waals surface area (Å²) in [4.78, 5) is 12.7. The molecule has 1 amide bonds. The van der Waals surface area contributed by atoms with Crippen LogP contribution in [0.4, 0.5) is 5.82 Å². The lowest BCUT2D eigenvalue weighted by molar-refractivity contribution is 0.0992. The lowest BCUT2D eigenvalue weighted by atomic mass is 10.2. The Labute approximate surface area is 248 Å². The molecule has 0 aliphatic carbocycles. The zero-order valence-electron chi connectivity index (χ0n) is 17.5. The zero-order valence-corrected chi connectivity index (χ0v) is 24.4. The van der Waals surface area contributed by atoms with Crippen molar-refractivity contribution in [1.82, 2.24) is 9.78 Å². The summed E-state index contributed by atoms with van der Waals surface area (Å²) in [6, 6.07) is 8.33. The molecule has 4 aromatic rings. The normalized spacial score (nSPS) is 11.1. The Morgan fingerprint density at radius 1 is 0.944 bits per heavy atom. The van der Waals surface area contributed by atoms with Crippen molar-refractivity contribution in [2.45, 2.75) is 13.2 Å². The molecule has 0 radical (unpaired) electrons. The number of rotatable bonds is 7. The maximum atomic E-state index is 12.7. The Balaban J connectivity index is 1.42. The number of amides is 1. The second kappa shape index (κ2) is 11.6. The van der Waals surface area contributed by atoms with E-state index in [2.05, 4.69) is 26.3 Å². The maximum absolute atomic E-state index is 12.7. The average Bonchev–Trinajstić information content (AvgIpc) is 3.45. The summed E-state index contributed by atoms with van der Waals surface area (Å²) in [6.07, 6.45) is 1.72. The number of hydrogen-bond acceptors (Lipinski definition) is 4. The van der Waals surface area contributed by atoms with Crippen molar-refractivity contribution in [1.29, 1.82) is 0 Å². The molecule has 0 spiro atoms. The lowest BCUT2D eigenvalue weighted by Gasteiger charge is -2.12. The van der Waals surface area contributed by atoms with Crippen LogP contribution in [0.3, 0.4) is 0 Å². The van der Waals surface area contributed by atoms with Crippen LogP contribution < -0.4 is 10.1 Å². The molecule has 0 saturated heterocycles. The molecule has 1 N–H and O–H groups in total. The quantitative estimate of drug-likeness (QED) is 0.155. The third kappa shape index (κ3) is 6.05. The van der Waals surface area contributed by atoms with E-state index in [0.29, 0.717) is 32.6 Å². The molecule has 0 aliphatic rings. The monoisotopic (exact) mass is 689 g/mol. The van der Waals surface area contributed by atoms with E-state index in [-0.39, 0.29) is 43.2 Å². The van der Waals surface area contributed by atoms with E-state index < -0.39 is 5.91 Å². The summed E-state index contributed by atoms with van der Waals surface area (Å²) in [6.45, 7) is 0.306. The van der Waals surface area contributed by atoms with Crippen molar-refractivity contribution >= 4 is 109 Å². The van der Waals surface area contributed by atoms with Crippen LogP contribution in [0, 0.1) is 0 Å². The van der Waals surface area contributed by atoms with Gasteiger partial charge in [0.05, 0.1) is 36.1 Å². The second-order valence-electron chi connectivity index (χ2n) is 7.18. The van der Waals surface area contributed by atoms with Gasteiger partial charge >= 0.3 is 0 Å². The highest BCUT2D eigenvalue weighted by atomic mass is 79.9. The average molecular weight is 693 g/mol. The minimum Gasteiger partial charge on any atom is -0.482 e. The van der Waals surface area contributed by atoms with Gasteiger partial charge in [-0.3, -0.25) is 9.48 Å². The van der Waals surface area contributed by atoms with E-state index in [4.69, 9.17) is 90.4 Å². The maximum Gasteiger partial charge on any atom is 0.292 e. The molecule has 0 atom stereocenters. The summed E-state index contributed by atoms with van der Waals surface area (Å²) in [7, 11) is 0. The summed E-state index contributed by atoms with van der Waals surface area (Å²) >= 11 is 45.8. The van der Waals surface area contributed by atoms with Gasteiger partial charge in [-0.2, -0.15) is 5.10 Å². The lowest BCUT2D eigenvalue weighted by Crippen LogP contribution is -2.12. The molecular formula is C22H11BrCl7N3O3. The van der Waals surface area contributed by atoms with Gasteiger partial charge in [0.2, 0.25) is 0 Å². The number of ether oxygens (including phenoxy) is 1. The number of hydrogen-bond donors (Lipinski definition) is 1. The molecule has 6 nitrogen and oxygen atoms in total. The van der Waals surface area contributed by atoms with Crippen LogP contribution in [0.15, 0.2) is 45.4 Å². The first-order valence-electron chi connectivity index (χ1n) is 9.76. The molecular weight excluding hydrogens is 682 g/mol. The molecule has 0 unspecified atom stereocenters. The van der Waals surface area contributed by atoms with Crippen LogP contribution in [-0.2, 0) is 13.2 Å². The largest absolute Gasteiger partial charge is 0.482 e. The molecule has 14 heteroatoms. The minimum absolute atomic E-state index is 0.00176. The predicted molar refractivity (Wildman–Crippen MR) is 148 cm³/mol. The summed E-state index contributed by atoms with van der Waals surface area (Å²) in [5.41, 5.74) is 0.886. The molecule has 0 saturated carbocycles. The Morgan fingerprint density at radius 2 is 1.61 bits per heavy atom. The summed E-state index contributed by atoms with van der Waals surface area (Å²) in [5, 5.41) is 8.01. The van der Waals surface area contributed by atoms with Crippen molar-refractivity contribution in [2.75, 3.05) is 5.32 Å². The highest BCUT2D eigenvalue weighted by Crippen LogP contribution is 2.48. The van der Waals surface area contributed by atoms with Crippen LogP contribution in [-0.4, -0.2) is 15.7 Å². The molecule has 0 aliphatic heterocycles. The SMILES string of the molecule is O=C(Nc1nn(Cc2ccc(Cl)c(Cl)c2)cc1Br)c1ccc(COc2c(Cl)c(Cl)c(Cl)c(Cl)c2Cl)o1. The van der Waals surface area contributed by atoms with Crippen molar-refractivity contribution in [3.63, 3.8) is 0 Å². The van der Waals surface area contributed by atoms with Crippen LogP contribution in [0.1, 0.15) is 21.9 Å². The van der Waals surface area contributed by atoms with Gasteiger partial charge in [0.1, 0.15) is 22.4 Å². The molecule has 2 aromatic carbocycles. The van der Waals surface area contributed by atoms with E-state index in [1.54, 1.807) is 29.1 Å². The van der Waals surface area contributed by atoms with Gasteiger partial charge in [0.15, 0.2) is 17.3 Å². The number of nitrogens with zero attached hydrogens (tertiary/aromatic N) is 2. The third-order valence-corrected chi connectivity index (χ3v) is 8.25. The number of halogens is 8. The number of furan rings is 1. The van der Waals surface area contributed by atoms with Crippen LogP contribution in [0.5, 0.6) is 5.75 Å². The van der Waals surface area contributed by atoms with Gasteiger partial charge in [-0.25, -0.2) is 0 Å². The molecule has 188 valence electrons. The first-order valence-corrected chi connectivity index (χ1v) is 13.2. The molecule has 0 fully saturated rings. The Kier molecular flexibility index (Phi) is 8.95. The first kappa shape index (κ1) is 27.7. The molecule has 2 heterocycles. The highest BCUT2D eigenvalue weighted by Gasteiger charge is 2.21. The van der Waals surface area contributed by atoms with Crippen LogP contribution >= 0.6 is 97.1 Å². The van der Waals surface area contributed by atoms with Gasteiger partial charge in [-0.05, 0) is 45.8 Å². The minimum atomic E-state index is -0.518. The first-order chi connectivity index (χ1) is 17.0. The summed E-state index contributed by atoms with van der Waals surface area (Å²) in [5.74, 6) is 0.174. The van der Waals surface area contributed by atoms with Gasteiger partial charge in [-0.15, -0.1) is 0 Å². The molecule has 4 rings (SSSR count). The smallest absolute Gasteiger partial charge is 0.292 e. The van der Waals surface area contributed by atoms with Crippen molar-refractivity contribution in [3.05, 3.63) is 93.2 Å². The topological polar surface area (TPSA) is 69.3 Å². The van der Waals surface area contributed by atoms with Gasteiger partial charge in [-0.1, -0.05) is 87.3 Å². The number of nitrogens with one attached hydrogen (secondary N) is 1. The van der Waals surface area contributed by atoms with Crippen molar-refractivity contribution in [3.8, 4) is 5.75 Å². The fourth-order valence-corrected chi connectivity index (χ4v) is 4.95. The second-order valence-corrected chi connectivity index (χ2v) is 10.7. The predicted octanol–water partition coefficient (Wildman–Crippen LogP) is 9.69. The Morgan fingerprint density at radius 3 is 2.28 bits per heavy atom. The van der Waals surface area contributed by atoms with Gasteiger partial charge in [0, 0.05) is 6.20 Å². The standard InChI is InChI=1S/C22H11BrCl7N3O3/c23-11-7-33(6-9-1-3-12(24)13(25)5-9)32-21(11)31-22(34)14-4-2-10(36-14)8-35-20-18(29)16(27)15(26)17(28)19(20)30/h1-5,7H,6,8H2,(H,31,32,34). The molecule has 36 heavy (non-hydrogen) atoms. The Hall–Kier alpha value is -1.29. The summed E-state index contributed by atoms with van der Waals surface area (Å²) < 4.78 is 13.4. The van der Waals surface area contributed by atoms with E-state index in [1.807, 2.05) is 6.07 Å². The number of aromatic nitrogens is 2. The fraction of sp³-hybridized carbons (Fsp3) is 0.0909. The molecule has 0 bridgehead atoms. The fourth-order valence-electron chi connectivity index (χ4n) is 2.99. The van der Waals surface area contributed by atoms with E-state index in [9.17, 15) is 4.79 Å². The number of anilines is 1. The van der Waals surface area contributed by atoms with Crippen molar-refractivity contribution < 1.29 is 13.9 Å². The number of carbonyl (C=O) groups excluding carboxylic acids is 1. The third-order valence-electron chi connectivity index (χ3n) is 4.69. The molecule has 2 aromatic heterocycles. The van der Waals surface area contributed by atoms with Crippen LogP contribution in [0.25, 0.3) is 0 Å².